The number of pyridine rings is 1. The number of nitrogens with one attached hydrogen (secondary N) is 1. The van der Waals surface area contributed by atoms with E-state index in [1.165, 1.54) is 24.7 Å². The Morgan fingerprint density at radius 3 is 2.48 bits per heavy atom. The maximum absolute atomic E-state index is 13.9. The third-order valence-corrected chi connectivity index (χ3v) is 4.68. The summed E-state index contributed by atoms with van der Waals surface area (Å²) in [5.74, 6) is -0.623. The lowest BCUT2D eigenvalue weighted by molar-refractivity contribution is -0.144. The molecule has 0 saturated carbocycles. The minimum atomic E-state index is -4.97. The molecule has 1 aromatic carbocycles. The highest BCUT2D eigenvalue weighted by molar-refractivity contribution is 6.32. The molecule has 9 nitrogen and oxygen atoms in total. The number of anilines is 1. The molecule has 0 aliphatic heterocycles. The second-order valence-electron chi connectivity index (χ2n) is 6.53. The van der Waals surface area contributed by atoms with Crippen molar-refractivity contribution in [2.45, 2.75) is 12.4 Å². The normalized spacial score (nSPS) is 12.4. The van der Waals surface area contributed by atoms with Gasteiger partial charge in [0.05, 0.1) is 52.3 Å². The molecule has 1 atom stereocenters. The lowest BCUT2D eigenvalue weighted by Gasteiger charge is -2.18. The Kier molecular flexibility index (Phi) is 5.71. The summed E-state index contributed by atoms with van der Waals surface area (Å²) in [6.07, 6.45) is -2.03. The quantitative estimate of drug-likeness (QED) is 0.332. The highest BCUT2D eigenvalue weighted by Crippen LogP contribution is 2.37. The van der Waals surface area contributed by atoms with Crippen molar-refractivity contribution in [2.75, 3.05) is 5.32 Å². The van der Waals surface area contributed by atoms with Gasteiger partial charge >= 0.3 is 6.18 Å². The number of rotatable bonds is 5. The summed E-state index contributed by atoms with van der Waals surface area (Å²) in [5.41, 5.74) is -2.54. The highest BCUT2D eigenvalue weighted by atomic mass is 35.5. The van der Waals surface area contributed by atoms with Gasteiger partial charge in [0.25, 0.3) is 0 Å². The Morgan fingerprint density at radius 2 is 1.85 bits per heavy atom. The summed E-state index contributed by atoms with van der Waals surface area (Å²) in [6, 6.07) is 5.63. The molecule has 3 heterocycles. The van der Waals surface area contributed by atoms with Crippen LogP contribution >= 0.6 is 11.6 Å². The smallest absolute Gasteiger partial charge is 0.369 e. The van der Waals surface area contributed by atoms with Gasteiger partial charge in [-0.15, -0.1) is 4.80 Å². The van der Waals surface area contributed by atoms with Crippen molar-refractivity contribution < 1.29 is 22.7 Å². The fourth-order valence-electron chi connectivity index (χ4n) is 3.03. The highest BCUT2D eigenvalue weighted by Gasteiger charge is 2.40. The maximum Gasteiger partial charge on any atom is 0.433 e. The first-order chi connectivity index (χ1) is 15.7. The van der Waals surface area contributed by atoms with Gasteiger partial charge in [-0.2, -0.15) is 33.7 Å². The topological polar surface area (TPSA) is 117 Å². The monoisotopic (exact) mass is 478 g/mol. The first-order valence-electron chi connectivity index (χ1n) is 9.01. The van der Waals surface area contributed by atoms with E-state index in [0.717, 1.165) is 29.2 Å². The SMILES string of the molecule is N#Cc1cc(F)ccc1-n1ncc(C(O)Nc2cnc(-n3nccn3)c(Cl)c2)c1C(F)(F)F. The maximum atomic E-state index is 13.9. The molecule has 33 heavy (non-hydrogen) atoms. The average Bonchev–Trinajstić information content (AvgIpc) is 3.43. The van der Waals surface area contributed by atoms with Crippen LogP contribution in [0, 0.1) is 17.1 Å². The molecule has 3 aromatic heterocycles. The fraction of sp³-hybridized carbons (Fsp3) is 0.105. The zero-order chi connectivity index (χ0) is 23.8. The minimum Gasteiger partial charge on any atom is -0.369 e. The molecule has 168 valence electrons. The summed E-state index contributed by atoms with van der Waals surface area (Å²) >= 11 is 6.14. The lowest BCUT2D eigenvalue weighted by atomic mass is 10.1. The Labute approximate surface area is 187 Å². The number of aliphatic hydroxyl groups is 1. The van der Waals surface area contributed by atoms with Crippen LogP contribution in [-0.4, -0.2) is 34.9 Å². The van der Waals surface area contributed by atoms with E-state index in [2.05, 4.69) is 25.6 Å². The van der Waals surface area contributed by atoms with Gasteiger partial charge < -0.3 is 10.4 Å². The van der Waals surface area contributed by atoms with Crippen LogP contribution < -0.4 is 5.32 Å². The van der Waals surface area contributed by atoms with Crippen LogP contribution in [-0.2, 0) is 6.18 Å². The van der Waals surface area contributed by atoms with Gasteiger partial charge in [-0.3, -0.25) is 0 Å². The third kappa shape index (κ3) is 4.34. The van der Waals surface area contributed by atoms with Gasteiger partial charge in [-0.25, -0.2) is 14.1 Å². The molecule has 0 saturated heterocycles. The summed E-state index contributed by atoms with van der Waals surface area (Å²) in [6.45, 7) is 0. The number of hydrogen-bond donors (Lipinski definition) is 2. The number of halogens is 5. The summed E-state index contributed by atoms with van der Waals surface area (Å²) in [5, 5.41) is 33.7. The first-order valence-corrected chi connectivity index (χ1v) is 9.39. The van der Waals surface area contributed by atoms with E-state index in [4.69, 9.17) is 11.6 Å². The van der Waals surface area contributed by atoms with Crippen molar-refractivity contribution >= 4 is 17.3 Å². The molecule has 0 fully saturated rings. The fourth-order valence-corrected chi connectivity index (χ4v) is 3.27. The number of nitriles is 1. The van der Waals surface area contributed by atoms with Crippen molar-refractivity contribution in [1.82, 2.24) is 29.8 Å². The minimum absolute atomic E-state index is 0.0696. The van der Waals surface area contributed by atoms with Crippen LogP contribution in [0.4, 0.5) is 23.2 Å². The second-order valence-corrected chi connectivity index (χ2v) is 6.93. The molecule has 14 heteroatoms. The Hall–Kier alpha value is -4.02. The van der Waals surface area contributed by atoms with Crippen LogP contribution in [0.25, 0.3) is 11.5 Å². The van der Waals surface area contributed by atoms with Gasteiger partial charge in [0, 0.05) is 0 Å². The molecule has 0 aliphatic carbocycles. The molecular formula is C19H11ClF4N8O. The van der Waals surface area contributed by atoms with Gasteiger partial charge in [0.15, 0.2) is 17.7 Å². The van der Waals surface area contributed by atoms with Gasteiger partial charge in [-0.05, 0) is 24.3 Å². The number of nitrogens with zero attached hydrogens (tertiary/aromatic N) is 7. The predicted molar refractivity (Wildman–Crippen MR) is 106 cm³/mol. The zero-order valence-electron chi connectivity index (χ0n) is 16.2. The van der Waals surface area contributed by atoms with Crippen LogP contribution in [0.3, 0.4) is 0 Å². The molecule has 0 bridgehead atoms. The summed E-state index contributed by atoms with van der Waals surface area (Å²) < 4.78 is 55.6. The molecule has 4 rings (SSSR count). The van der Waals surface area contributed by atoms with Crippen LogP contribution in [0.5, 0.6) is 0 Å². The van der Waals surface area contributed by atoms with E-state index in [1.54, 1.807) is 6.07 Å². The number of alkyl halides is 3. The summed E-state index contributed by atoms with van der Waals surface area (Å²) in [7, 11) is 0. The van der Waals surface area contributed by atoms with Crippen molar-refractivity contribution in [1.29, 1.82) is 5.26 Å². The van der Waals surface area contributed by atoms with Crippen molar-refractivity contribution in [3.8, 4) is 17.6 Å². The molecular weight excluding hydrogens is 468 g/mol. The molecule has 0 aliphatic rings. The molecule has 0 spiro atoms. The summed E-state index contributed by atoms with van der Waals surface area (Å²) in [4.78, 5) is 5.18. The number of aliphatic hydroxyl groups excluding tert-OH is 1. The molecule has 2 N–H and O–H groups in total. The number of aromatic nitrogens is 6. The van der Waals surface area contributed by atoms with E-state index in [9.17, 15) is 27.9 Å². The number of hydrogen-bond acceptors (Lipinski definition) is 7. The predicted octanol–water partition coefficient (Wildman–Crippen LogP) is 3.63. The molecule has 0 amide bonds. The van der Waals surface area contributed by atoms with E-state index in [-0.39, 0.29) is 27.8 Å². The third-order valence-electron chi connectivity index (χ3n) is 4.40. The van der Waals surface area contributed by atoms with Crippen molar-refractivity contribution in [3.63, 3.8) is 0 Å². The van der Waals surface area contributed by atoms with Crippen LogP contribution in [0.1, 0.15) is 23.0 Å². The number of benzene rings is 1. The van der Waals surface area contributed by atoms with Crippen molar-refractivity contribution in [3.05, 3.63) is 76.7 Å². The van der Waals surface area contributed by atoms with E-state index < -0.39 is 29.5 Å². The molecule has 0 radical (unpaired) electrons. The first kappa shape index (κ1) is 22.2. The second kappa shape index (κ2) is 8.49. The van der Waals surface area contributed by atoms with E-state index in [0.29, 0.717) is 4.68 Å². The Bertz CT molecular complexity index is 1350. The zero-order valence-corrected chi connectivity index (χ0v) is 16.9. The Balaban J connectivity index is 1.70. The molecule has 1 unspecified atom stereocenters. The van der Waals surface area contributed by atoms with Crippen LogP contribution in [0.2, 0.25) is 5.02 Å². The van der Waals surface area contributed by atoms with Crippen molar-refractivity contribution in [2.24, 2.45) is 0 Å². The average molecular weight is 479 g/mol. The molecule has 4 aromatic rings. The van der Waals surface area contributed by atoms with Gasteiger partial charge in [0.2, 0.25) is 0 Å². The standard InChI is InChI=1S/C19H11ClF4N8O/c20-14-6-12(8-26-17(14)32-27-3-4-28-32)30-18(33)13-9-29-31(16(13)19(22,23)24)15-2-1-11(21)5-10(15)7-25/h1-6,8-9,18,30,33H. The Morgan fingerprint density at radius 1 is 1.12 bits per heavy atom. The van der Waals surface area contributed by atoms with Crippen LogP contribution in [0.15, 0.2) is 49.1 Å². The largest absolute Gasteiger partial charge is 0.433 e. The van der Waals surface area contributed by atoms with E-state index >= 15 is 0 Å². The van der Waals surface area contributed by atoms with Gasteiger partial charge in [0.1, 0.15) is 11.9 Å². The van der Waals surface area contributed by atoms with Gasteiger partial charge in [-0.1, -0.05) is 11.6 Å². The lowest BCUT2D eigenvalue weighted by Crippen LogP contribution is -2.20. The van der Waals surface area contributed by atoms with E-state index in [1.807, 2.05) is 0 Å².